The summed E-state index contributed by atoms with van der Waals surface area (Å²) in [5, 5.41) is 14.3. The second kappa shape index (κ2) is 7.35. The molecule has 0 aliphatic heterocycles. The highest BCUT2D eigenvalue weighted by Gasteiger charge is 2.19. The number of benzene rings is 1. The Labute approximate surface area is 116 Å². The molecule has 0 saturated heterocycles. The van der Waals surface area contributed by atoms with Crippen molar-refractivity contribution in [2.45, 2.75) is 32.4 Å². The Balaban J connectivity index is 2.70. The molecule has 3 unspecified atom stereocenters. The summed E-state index contributed by atoms with van der Waals surface area (Å²) < 4.78 is 11.0. The highest BCUT2D eigenvalue weighted by atomic mass is 32.2. The molecule has 1 aromatic carbocycles. The van der Waals surface area contributed by atoms with Crippen LogP contribution >= 0.6 is 0 Å². The van der Waals surface area contributed by atoms with Gasteiger partial charge in [-0.05, 0) is 20.3 Å². The lowest BCUT2D eigenvalue weighted by molar-refractivity contribution is -0.385. The minimum atomic E-state index is -0.805. The summed E-state index contributed by atoms with van der Waals surface area (Å²) in [6.45, 7) is 3.90. The van der Waals surface area contributed by atoms with Gasteiger partial charge in [0.1, 0.15) is 0 Å². The van der Waals surface area contributed by atoms with Gasteiger partial charge in [-0.2, -0.15) is 0 Å². The van der Waals surface area contributed by atoms with Gasteiger partial charge in [-0.25, -0.2) is 0 Å². The smallest absolute Gasteiger partial charge is 0.274 e. The van der Waals surface area contributed by atoms with E-state index in [1.54, 1.807) is 24.5 Å². The molecule has 0 saturated carbocycles. The molecule has 0 spiro atoms. The number of para-hydroxylation sites is 1. The molecule has 1 rings (SSSR count). The van der Waals surface area contributed by atoms with Crippen LogP contribution in [0.5, 0.6) is 0 Å². The van der Waals surface area contributed by atoms with E-state index >= 15 is 0 Å². The quantitative estimate of drug-likeness (QED) is 0.616. The van der Waals surface area contributed by atoms with Crippen molar-refractivity contribution >= 4 is 16.5 Å². The molecule has 3 atom stereocenters. The monoisotopic (exact) mass is 284 g/mol. The molecule has 0 aromatic heterocycles. The standard InChI is InChI=1S/C13H20N2O3S/c1-10(8-9-19(3)18)14-11(2)12-6-4-5-7-13(12)15(16)17/h4-7,10-11,14H,8-9H2,1-3H3. The van der Waals surface area contributed by atoms with Gasteiger partial charge in [0.15, 0.2) is 0 Å². The first-order valence-corrected chi connectivity index (χ1v) is 7.94. The van der Waals surface area contributed by atoms with Crippen molar-refractivity contribution in [1.82, 2.24) is 5.32 Å². The molecule has 0 heterocycles. The van der Waals surface area contributed by atoms with Crippen LogP contribution in [0.25, 0.3) is 0 Å². The van der Waals surface area contributed by atoms with Crippen LogP contribution in [0.1, 0.15) is 31.9 Å². The first-order chi connectivity index (χ1) is 8.91. The molecule has 0 bridgehead atoms. The van der Waals surface area contributed by atoms with Crippen LogP contribution in [0.2, 0.25) is 0 Å². The fourth-order valence-electron chi connectivity index (χ4n) is 1.96. The third-order valence-corrected chi connectivity index (χ3v) is 3.78. The minimum Gasteiger partial charge on any atom is -0.307 e. The third kappa shape index (κ3) is 5.08. The van der Waals surface area contributed by atoms with Crippen molar-refractivity contribution < 1.29 is 9.13 Å². The van der Waals surface area contributed by atoms with Gasteiger partial charge in [-0.15, -0.1) is 0 Å². The van der Waals surface area contributed by atoms with Gasteiger partial charge in [-0.1, -0.05) is 18.2 Å². The average molecular weight is 284 g/mol. The zero-order valence-corrected chi connectivity index (χ0v) is 12.3. The number of hydrogen-bond donors (Lipinski definition) is 1. The lowest BCUT2D eigenvalue weighted by Gasteiger charge is -2.20. The number of nitro benzene ring substituents is 1. The van der Waals surface area contributed by atoms with Crippen molar-refractivity contribution in [2.75, 3.05) is 12.0 Å². The second-order valence-electron chi connectivity index (χ2n) is 4.67. The lowest BCUT2D eigenvalue weighted by Crippen LogP contribution is -2.30. The molecular formula is C13H20N2O3S. The second-order valence-corrected chi connectivity index (χ2v) is 6.23. The van der Waals surface area contributed by atoms with E-state index in [0.717, 1.165) is 6.42 Å². The van der Waals surface area contributed by atoms with Crippen molar-refractivity contribution in [3.8, 4) is 0 Å². The molecule has 19 heavy (non-hydrogen) atoms. The van der Waals surface area contributed by atoms with Gasteiger partial charge in [0, 0.05) is 46.5 Å². The zero-order chi connectivity index (χ0) is 14.4. The van der Waals surface area contributed by atoms with E-state index in [1.165, 1.54) is 6.07 Å². The molecule has 0 aliphatic rings. The molecule has 1 aromatic rings. The number of rotatable bonds is 7. The van der Waals surface area contributed by atoms with Crippen LogP contribution in [0, 0.1) is 10.1 Å². The van der Waals surface area contributed by atoms with E-state index < -0.39 is 10.8 Å². The number of hydrogen-bond acceptors (Lipinski definition) is 4. The van der Waals surface area contributed by atoms with Crippen molar-refractivity contribution in [3.63, 3.8) is 0 Å². The van der Waals surface area contributed by atoms with Gasteiger partial charge < -0.3 is 5.32 Å². The van der Waals surface area contributed by atoms with E-state index in [1.807, 2.05) is 13.8 Å². The van der Waals surface area contributed by atoms with E-state index in [9.17, 15) is 14.3 Å². The number of nitrogens with one attached hydrogen (secondary N) is 1. The average Bonchev–Trinajstić information content (AvgIpc) is 2.36. The summed E-state index contributed by atoms with van der Waals surface area (Å²) in [6, 6.07) is 6.80. The summed E-state index contributed by atoms with van der Waals surface area (Å²) in [4.78, 5) is 10.6. The summed E-state index contributed by atoms with van der Waals surface area (Å²) >= 11 is 0. The molecule has 0 aliphatic carbocycles. The van der Waals surface area contributed by atoms with Gasteiger partial charge >= 0.3 is 0 Å². The third-order valence-electron chi connectivity index (χ3n) is 2.97. The Hall–Kier alpha value is -1.27. The topological polar surface area (TPSA) is 72.2 Å². The molecular weight excluding hydrogens is 264 g/mol. The van der Waals surface area contributed by atoms with E-state index in [-0.39, 0.29) is 22.7 Å². The van der Waals surface area contributed by atoms with Gasteiger partial charge in [0.2, 0.25) is 0 Å². The summed E-state index contributed by atoms with van der Waals surface area (Å²) in [7, 11) is -0.805. The zero-order valence-electron chi connectivity index (χ0n) is 11.5. The lowest BCUT2D eigenvalue weighted by atomic mass is 10.1. The van der Waals surface area contributed by atoms with Gasteiger partial charge in [0.05, 0.1) is 4.92 Å². The van der Waals surface area contributed by atoms with Crippen molar-refractivity contribution in [2.24, 2.45) is 0 Å². The number of nitrogens with zero attached hydrogens (tertiary/aromatic N) is 1. The molecule has 6 heteroatoms. The van der Waals surface area contributed by atoms with Crippen LogP contribution in [0.3, 0.4) is 0 Å². The minimum absolute atomic E-state index is 0.109. The van der Waals surface area contributed by atoms with Gasteiger partial charge in [-0.3, -0.25) is 14.3 Å². The maximum atomic E-state index is 11.0. The van der Waals surface area contributed by atoms with E-state index in [2.05, 4.69) is 5.32 Å². The highest BCUT2D eigenvalue weighted by Crippen LogP contribution is 2.24. The van der Waals surface area contributed by atoms with Crippen LogP contribution in [0.15, 0.2) is 24.3 Å². The Bertz CT molecular complexity index is 465. The number of nitro groups is 1. The SMILES string of the molecule is CC(CCS(C)=O)NC(C)c1ccccc1[N+](=O)[O-]. The first-order valence-electron chi connectivity index (χ1n) is 6.21. The predicted molar refractivity (Wildman–Crippen MR) is 77.7 cm³/mol. The van der Waals surface area contributed by atoms with Crippen LogP contribution in [0.4, 0.5) is 5.69 Å². The van der Waals surface area contributed by atoms with Crippen LogP contribution in [-0.2, 0) is 10.8 Å². The first kappa shape index (κ1) is 15.8. The summed E-state index contributed by atoms with van der Waals surface area (Å²) in [6.07, 6.45) is 2.46. The van der Waals surface area contributed by atoms with Crippen LogP contribution in [-0.4, -0.2) is 27.2 Å². The largest absolute Gasteiger partial charge is 0.307 e. The fraction of sp³-hybridized carbons (Fsp3) is 0.538. The van der Waals surface area contributed by atoms with Crippen molar-refractivity contribution in [1.29, 1.82) is 0 Å². The summed E-state index contributed by atoms with van der Waals surface area (Å²) in [5.74, 6) is 0.637. The van der Waals surface area contributed by atoms with Gasteiger partial charge in [0.25, 0.3) is 5.69 Å². The highest BCUT2D eigenvalue weighted by molar-refractivity contribution is 7.84. The van der Waals surface area contributed by atoms with Crippen LogP contribution < -0.4 is 5.32 Å². The maximum Gasteiger partial charge on any atom is 0.274 e. The van der Waals surface area contributed by atoms with E-state index in [4.69, 9.17) is 0 Å². The Morgan fingerprint density at radius 2 is 2.00 bits per heavy atom. The fourth-order valence-corrected chi connectivity index (χ4v) is 2.65. The maximum absolute atomic E-state index is 11.0. The molecule has 5 nitrogen and oxygen atoms in total. The summed E-state index contributed by atoms with van der Waals surface area (Å²) in [5.41, 5.74) is 0.811. The van der Waals surface area contributed by atoms with E-state index in [0.29, 0.717) is 11.3 Å². The van der Waals surface area contributed by atoms with Crippen molar-refractivity contribution in [3.05, 3.63) is 39.9 Å². The Morgan fingerprint density at radius 3 is 2.58 bits per heavy atom. The Kier molecular flexibility index (Phi) is 6.11. The Morgan fingerprint density at radius 1 is 1.37 bits per heavy atom. The predicted octanol–water partition coefficient (Wildman–Crippen LogP) is 2.40. The molecule has 106 valence electrons. The molecule has 0 fully saturated rings. The molecule has 0 amide bonds. The molecule has 0 radical (unpaired) electrons. The molecule has 1 N–H and O–H groups in total. The normalized spacial score (nSPS) is 15.7.